The maximum atomic E-state index is 10.2. The lowest BCUT2D eigenvalue weighted by Gasteiger charge is -2.11. The van der Waals surface area contributed by atoms with E-state index in [-0.39, 0.29) is 3.89 Å². The maximum Gasteiger partial charge on any atom is 0.153 e. The van der Waals surface area contributed by atoms with Gasteiger partial charge in [-0.15, -0.1) is 0 Å². The van der Waals surface area contributed by atoms with Crippen LogP contribution in [0, 0.1) is 0 Å². The van der Waals surface area contributed by atoms with Crippen LogP contribution in [0.1, 0.15) is 0 Å². The average Bonchev–Trinajstić information content (AvgIpc) is 2.44. The molecule has 0 aromatic heterocycles. The van der Waals surface area contributed by atoms with Gasteiger partial charge in [-0.1, -0.05) is 0 Å². The Morgan fingerprint density at radius 3 is 2.25 bits per heavy atom. The number of nitrogens with zero attached hydrogens (tertiary/aromatic N) is 1. The highest BCUT2D eigenvalue weighted by Crippen LogP contribution is 2.22. The first-order valence-electron chi connectivity index (χ1n) is 2.31. The molecular weight excluding hydrogens is 126 g/mol. The second kappa shape index (κ2) is 1.65. The first kappa shape index (κ1) is 5.94. The lowest BCUT2D eigenvalue weighted by atomic mass is 11.0. The zero-order valence-corrected chi connectivity index (χ0v) is 5.19. The summed E-state index contributed by atoms with van der Waals surface area (Å²) in [6.07, 6.45) is 1.45. The van der Waals surface area contributed by atoms with Gasteiger partial charge in [0.1, 0.15) is 19.3 Å². The Kier molecular flexibility index (Phi) is 1.22. The van der Waals surface area contributed by atoms with Gasteiger partial charge in [-0.2, -0.15) is 0 Å². The fraction of sp³-hybridized carbons (Fsp3) is 0.500. The molecule has 1 aliphatic rings. The Morgan fingerprint density at radius 1 is 1.75 bits per heavy atom. The molecule has 1 aliphatic heterocycles. The van der Waals surface area contributed by atoms with E-state index in [1.807, 2.05) is 0 Å². The van der Waals surface area contributed by atoms with E-state index in [1.165, 1.54) is 6.20 Å². The van der Waals surface area contributed by atoms with Crippen molar-refractivity contribution in [3.8, 4) is 0 Å². The van der Waals surface area contributed by atoms with Crippen LogP contribution in [0.5, 0.6) is 0 Å². The van der Waals surface area contributed by atoms with Crippen LogP contribution < -0.4 is 0 Å². The molecule has 1 atom stereocenters. The van der Waals surface area contributed by atoms with Crippen LogP contribution in [-0.2, 0) is 11.3 Å². The minimum absolute atomic E-state index is 0.0556. The van der Waals surface area contributed by atoms with E-state index in [1.54, 1.807) is 0 Å². The van der Waals surface area contributed by atoms with Gasteiger partial charge in [0.05, 0.1) is 0 Å². The van der Waals surface area contributed by atoms with Crippen molar-refractivity contribution in [2.75, 3.05) is 13.1 Å². The van der Waals surface area contributed by atoms with Crippen molar-refractivity contribution in [3.63, 3.8) is 0 Å². The Balaban J connectivity index is 2.66. The largest absolute Gasteiger partial charge is 0.724 e. The molecule has 0 spiro atoms. The van der Waals surface area contributed by atoms with Crippen LogP contribution in [0.25, 0.3) is 0 Å². The van der Waals surface area contributed by atoms with Crippen molar-refractivity contribution in [1.29, 1.82) is 0 Å². The van der Waals surface area contributed by atoms with Crippen LogP contribution >= 0.6 is 0 Å². The maximum absolute atomic E-state index is 10.2. The van der Waals surface area contributed by atoms with Gasteiger partial charge in [0.15, 0.2) is 11.3 Å². The topological polar surface area (TPSA) is 40.1 Å². The summed E-state index contributed by atoms with van der Waals surface area (Å²) in [5.41, 5.74) is 0. The molecule has 0 aromatic carbocycles. The second-order valence-corrected chi connectivity index (χ2v) is 2.96. The third-order valence-electron chi connectivity index (χ3n) is 1.29. The number of rotatable bonds is 2. The molecule has 8 heavy (non-hydrogen) atoms. The van der Waals surface area contributed by atoms with Crippen molar-refractivity contribution in [2.24, 2.45) is 0 Å². The smallest absolute Gasteiger partial charge is 0.153 e. The molecule has 0 N–H and O–H groups in total. The predicted molar refractivity (Wildman–Crippen MR) is 29.1 cm³/mol. The van der Waals surface area contributed by atoms with E-state index in [0.29, 0.717) is 13.1 Å². The highest BCUT2D eigenvalue weighted by Gasteiger charge is 2.41. The van der Waals surface area contributed by atoms with E-state index in [4.69, 9.17) is 0 Å². The van der Waals surface area contributed by atoms with Gasteiger partial charge in [0, 0.05) is 0 Å². The molecule has 0 saturated carbocycles. The SMILES string of the molecule is C=C[N+]1(S(=O)[O-])CC1. The molecule has 0 aliphatic carbocycles. The molecule has 1 fully saturated rings. The summed E-state index contributed by atoms with van der Waals surface area (Å²) >= 11 is -2.00. The van der Waals surface area contributed by atoms with E-state index >= 15 is 0 Å². The summed E-state index contributed by atoms with van der Waals surface area (Å²) in [6, 6.07) is 0. The number of hydrogen-bond donors (Lipinski definition) is 0. The fourth-order valence-electron chi connectivity index (χ4n) is 0.491. The Hall–Kier alpha value is -0.190. The summed E-state index contributed by atoms with van der Waals surface area (Å²) in [5.74, 6) is 0. The standard InChI is InChI=1S/C4H7NO2S/c1-2-5(3-4-5)8(6)7/h2H,1,3-4H2. The molecule has 4 heteroatoms. The van der Waals surface area contributed by atoms with E-state index in [2.05, 4.69) is 6.58 Å². The van der Waals surface area contributed by atoms with Crippen molar-refractivity contribution >= 4 is 11.3 Å². The number of hydrogen-bond acceptors (Lipinski definition) is 2. The minimum Gasteiger partial charge on any atom is -0.724 e. The molecule has 1 rings (SSSR count). The Bertz CT molecular complexity index is 141. The second-order valence-electron chi connectivity index (χ2n) is 1.80. The molecule has 1 saturated heterocycles. The molecule has 1 heterocycles. The van der Waals surface area contributed by atoms with E-state index in [9.17, 15) is 8.76 Å². The molecule has 0 aromatic rings. The van der Waals surface area contributed by atoms with Gasteiger partial charge in [0.2, 0.25) is 0 Å². The third-order valence-corrected chi connectivity index (χ3v) is 2.40. The van der Waals surface area contributed by atoms with Gasteiger partial charge >= 0.3 is 0 Å². The first-order chi connectivity index (χ1) is 3.71. The fourth-order valence-corrected chi connectivity index (χ4v) is 0.993. The van der Waals surface area contributed by atoms with Crippen LogP contribution in [0.15, 0.2) is 12.8 Å². The molecule has 1 unspecified atom stereocenters. The minimum atomic E-state index is -2.00. The molecular formula is C4H7NO2S. The monoisotopic (exact) mass is 133 g/mol. The summed E-state index contributed by atoms with van der Waals surface area (Å²) in [4.78, 5) is 0. The van der Waals surface area contributed by atoms with Gasteiger partial charge < -0.3 is 4.55 Å². The summed E-state index contributed by atoms with van der Waals surface area (Å²) in [7, 11) is 0. The predicted octanol–water partition coefficient (Wildman–Crippen LogP) is -0.246. The van der Waals surface area contributed by atoms with Gasteiger partial charge in [0.25, 0.3) is 0 Å². The van der Waals surface area contributed by atoms with Crippen LogP contribution in [0.3, 0.4) is 0 Å². The van der Waals surface area contributed by atoms with Gasteiger partial charge in [-0.3, -0.25) is 0 Å². The number of quaternary nitrogens is 1. The normalized spacial score (nSPS) is 26.6. The van der Waals surface area contributed by atoms with Crippen molar-refractivity contribution in [2.45, 2.75) is 0 Å². The van der Waals surface area contributed by atoms with Gasteiger partial charge in [-0.25, -0.2) is 8.10 Å². The molecule has 0 amide bonds. The van der Waals surface area contributed by atoms with Crippen LogP contribution in [-0.4, -0.2) is 25.7 Å². The molecule has 0 radical (unpaired) electrons. The van der Waals surface area contributed by atoms with Gasteiger partial charge in [-0.05, 0) is 6.58 Å². The van der Waals surface area contributed by atoms with Crippen LogP contribution in [0.2, 0.25) is 0 Å². The van der Waals surface area contributed by atoms with E-state index in [0.717, 1.165) is 0 Å². The highest BCUT2D eigenvalue weighted by atomic mass is 32.2. The molecule has 46 valence electrons. The Labute approximate surface area is 50.6 Å². The quantitative estimate of drug-likeness (QED) is 0.296. The van der Waals surface area contributed by atoms with Crippen molar-refractivity contribution in [1.82, 2.24) is 0 Å². The average molecular weight is 133 g/mol. The van der Waals surface area contributed by atoms with E-state index < -0.39 is 11.3 Å². The lowest BCUT2D eigenvalue weighted by molar-refractivity contribution is -0.595. The third kappa shape index (κ3) is 0.705. The zero-order valence-electron chi connectivity index (χ0n) is 4.37. The Morgan fingerprint density at radius 2 is 2.25 bits per heavy atom. The lowest BCUT2D eigenvalue weighted by Crippen LogP contribution is -2.19. The molecule has 0 bridgehead atoms. The summed E-state index contributed by atoms with van der Waals surface area (Å²) in [6.45, 7) is 4.78. The first-order valence-corrected chi connectivity index (χ1v) is 3.35. The van der Waals surface area contributed by atoms with Crippen molar-refractivity contribution in [3.05, 3.63) is 12.8 Å². The van der Waals surface area contributed by atoms with Crippen LogP contribution in [0.4, 0.5) is 0 Å². The molecule has 3 nitrogen and oxygen atoms in total. The highest BCUT2D eigenvalue weighted by molar-refractivity contribution is 7.73. The summed E-state index contributed by atoms with van der Waals surface area (Å²) < 4.78 is 20.5. The van der Waals surface area contributed by atoms with Crippen molar-refractivity contribution < 1.29 is 12.6 Å². The summed E-state index contributed by atoms with van der Waals surface area (Å²) in [5, 5.41) is 0. The zero-order chi connectivity index (χ0) is 6.20.